The first-order valence-corrected chi connectivity index (χ1v) is 8.06. The van der Waals surface area contributed by atoms with E-state index in [0.29, 0.717) is 23.6 Å². The second-order valence-corrected chi connectivity index (χ2v) is 6.76. The maximum absolute atomic E-state index is 13.8. The lowest BCUT2D eigenvalue weighted by Gasteiger charge is -2.40. The molecular formula is C15H20BrFN2O2. The smallest absolute Gasteiger partial charge is 0.137 e. The topological polar surface area (TPSA) is 56.5 Å². The number of hydrogen-bond acceptors (Lipinski definition) is 4. The molecule has 0 saturated carbocycles. The summed E-state index contributed by atoms with van der Waals surface area (Å²) < 4.78 is 25.7. The Kier molecular flexibility index (Phi) is 4.61. The molecule has 1 aromatic carbocycles. The highest BCUT2D eigenvalue weighted by Gasteiger charge is 2.43. The number of rotatable bonds is 3. The summed E-state index contributed by atoms with van der Waals surface area (Å²) in [4.78, 5) is 0. The van der Waals surface area contributed by atoms with Crippen molar-refractivity contribution in [3.63, 3.8) is 0 Å². The van der Waals surface area contributed by atoms with Crippen molar-refractivity contribution >= 4 is 15.9 Å². The van der Waals surface area contributed by atoms with Crippen LogP contribution in [0.5, 0.6) is 0 Å². The third kappa shape index (κ3) is 3.14. The molecule has 3 N–H and O–H groups in total. The first-order valence-electron chi connectivity index (χ1n) is 7.26. The van der Waals surface area contributed by atoms with Gasteiger partial charge in [0.05, 0.1) is 16.7 Å². The van der Waals surface area contributed by atoms with Crippen LogP contribution in [0, 0.1) is 11.7 Å². The van der Waals surface area contributed by atoms with Crippen molar-refractivity contribution in [2.45, 2.75) is 30.9 Å². The summed E-state index contributed by atoms with van der Waals surface area (Å²) in [6.45, 7) is 2.10. The van der Waals surface area contributed by atoms with Crippen LogP contribution in [-0.4, -0.2) is 25.4 Å². The summed E-state index contributed by atoms with van der Waals surface area (Å²) in [7, 11) is 0. The Morgan fingerprint density at radius 2 is 2.29 bits per heavy atom. The van der Waals surface area contributed by atoms with E-state index in [1.807, 2.05) is 6.07 Å². The van der Waals surface area contributed by atoms with Crippen molar-refractivity contribution in [2.75, 3.05) is 19.8 Å². The maximum atomic E-state index is 13.8. The Bertz CT molecular complexity index is 508. The monoisotopic (exact) mass is 358 g/mol. The Morgan fingerprint density at radius 1 is 1.43 bits per heavy atom. The molecule has 3 unspecified atom stereocenters. The van der Waals surface area contributed by atoms with Crippen LogP contribution < -0.4 is 11.3 Å². The highest BCUT2D eigenvalue weighted by atomic mass is 79.9. The van der Waals surface area contributed by atoms with Gasteiger partial charge in [0.15, 0.2) is 0 Å². The van der Waals surface area contributed by atoms with Gasteiger partial charge in [-0.25, -0.2) is 4.39 Å². The van der Waals surface area contributed by atoms with E-state index in [1.54, 1.807) is 12.1 Å². The SMILES string of the molecule is NNC(c1ccc(Br)c(F)c1)C1CCOC2(CCOC2)C1. The Balaban J connectivity index is 1.80. The fraction of sp³-hybridized carbons (Fsp3) is 0.600. The van der Waals surface area contributed by atoms with Crippen molar-refractivity contribution in [3.8, 4) is 0 Å². The van der Waals surface area contributed by atoms with Crippen LogP contribution in [0.15, 0.2) is 22.7 Å². The van der Waals surface area contributed by atoms with Crippen LogP contribution in [0.4, 0.5) is 4.39 Å². The highest BCUT2D eigenvalue weighted by Crippen LogP contribution is 2.41. The van der Waals surface area contributed by atoms with Crippen molar-refractivity contribution in [2.24, 2.45) is 11.8 Å². The standard InChI is InChI=1S/C15H20BrFN2O2/c16-12-2-1-10(7-13(12)17)14(19-18)11-3-5-21-15(8-11)4-6-20-9-15/h1-2,7,11,14,19H,3-6,8-9,18H2. The minimum absolute atomic E-state index is 0.0750. The molecule has 2 aliphatic heterocycles. The number of hydrazine groups is 1. The predicted octanol–water partition coefficient (Wildman–Crippen LogP) is 2.68. The number of hydrogen-bond donors (Lipinski definition) is 2. The third-order valence-corrected chi connectivity index (χ3v) is 5.20. The molecule has 0 bridgehead atoms. The van der Waals surface area contributed by atoms with Crippen LogP contribution >= 0.6 is 15.9 Å². The largest absolute Gasteiger partial charge is 0.378 e. The predicted molar refractivity (Wildman–Crippen MR) is 81.0 cm³/mol. The number of benzene rings is 1. The molecule has 3 rings (SSSR count). The fourth-order valence-corrected chi connectivity index (χ4v) is 3.67. The maximum Gasteiger partial charge on any atom is 0.137 e. The molecule has 3 atom stereocenters. The van der Waals surface area contributed by atoms with E-state index in [4.69, 9.17) is 15.3 Å². The number of halogens is 2. The summed E-state index contributed by atoms with van der Waals surface area (Å²) in [5.74, 6) is 5.80. The summed E-state index contributed by atoms with van der Waals surface area (Å²) in [5, 5.41) is 0. The lowest BCUT2D eigenvalue weighted by atomic mass is 9.79. The van der Waals surface area contributed by atoms with E-state index >= 15 is 0 Å². The van der Waals surface area contributed by atoms with Gasteiger partial charge in [-0.1, -0.05) is 6.07 Å². The van der Waals surface area contributed by atoms with Gasteiger partial charge in [-0.3, -0.25) is 11.3 Å². The molecule has 4 nitrogen and oxygen atoms in total. The first-order chi connectivity index (χ1) is 10.1. The average molecular weight is 359 g/mol. The molecular weight excluding hydrogens is 339 g/mol. The first kappa shape index (κ1) is 15.4. The lowest BCUT2D eigenvalue weighted by molar-refractivity contribution is -0.103. The van der Waals surface area contributed by atoms with Crippen molar-refractivity contribution in [1.29, 1.82) is 0 Å². The van der Waals surface area contributed by atoms with E-state index in [0.717, 1.165) is 31.4 Å². The molecule has 0 aliphatic carbocycles. The van der Waals surface area contributed by atoms with Crippen LogP contribution in [0.25, 0.3) is 0 Å². The highest BCUT2D eigenvalue weighted by molar-refractivity contribution is 9.10. The Labute approximate surface area is 132 Å². The fourth-order valence-electron chi connectivity index (χ4n) is 3.42. The second-order valence-electron chi connectivity index (χ2n) is 5.90. The molecule has 21 heavy (non-hydrogen) atoms. The molecule has 0 aromatic heterocycles. The van der Waals surface area contributed by atoms with Gasteiger partial charge < -0.3 is 9.47 Å². The molecule has 2 heterocycles. The molecule has 2 aliphatic rings. The zero-order valence-corrected chi connectivity index (χ0v) is 13.4. The molecule has 0 amide bonds. The Morgan fingerprint density at radius 3 is 2.95 bits per heavy atom. The van der Waals surface area contributed by atoms with Gasteiger partial charge in [0.1, 0.15) is 5.82 Å². The summed E-state index contributed by atoms with van der Waals surface area (Å²) in [5.41, 5.74) is 3.56. The van der Waals surface area contributed by atoms with Gasteiger partial charge in [0.25, 0.3) is 0 Å². The zero-order valence-electron chi connectivity index (χ0n) is 11.8. The lowest BCUT2D eigenvalue weighted by Crippen LogP contribution is -2.45. The summed E-state index contributed by atoms with van der Waals surface area (Å²) in [6, 6.07) is 5.10. The van der Waals surface area contributed by atoms with Gasteiger partial charge in [-0.15, -0.1) is 0 Å². The number of nitrogens with two attached hydrogens (primary N) is 1. The van der Waals surface area contributed by atoms with E-state index in [2.05, 4.69) is 21.4 Å². The van der Waals surface area contributed by atoms with Crippen LogP contribution in [0.1, 0.15) is 30.9 Å². The second kappa shape index (κ2) is 6.30. The van der Waals surface area contributed by atoms with E-state index < -0.39 is 0 Å². The van der Waals surface area contributed by atoms with Crippen molar-refractivity contribution in [1.82, 2.24) is 5.43 Å². The normalized spacial score (nSPS) is 30.7. The molecule has 6 heteroatoms. The van der Waals surface area contributed by atoms with Gasteiger partial charge in [-0.05, 0) is 52.4 Å². The van der Waals surface area contributed by atoms with Crippen molar-refractivity contribution in [3.05, 3.63) is 34.1 Å². The average Bonchev–Trinajstić information content (AvgIpc) is 2.91. The summed E-state index contributed by atoms with van der Waals surface area (Å²) >= 11 is 3.18. The minimum Gasteiger partial charge on any atom is -0.378 e. The molecule has 2 saturated heterocycles. The Hall–Kier alpha value is -0.530. The molecule has 1 aromatic rings. The van der Waals surface area contributed by atoms with Gasteiger partial charge in [-0.2, -0.15) is 0 Å². The molecule has 0 radical (unpaired) electrons. The minimum atomic E-state index is -0.265. The third-order valence-electron chi connectivity index (χ3n) is 4.55. The van der Waals surface area contributed by atoms with Gasteiger partial charge >= 0.3 is 0 Å². The van der Waals surface area contributed by atoms with E-state index in [1.165, 1.54) is 0 Å². The molecule has 1 spiro atoms. The number of ether oxygens (including phenoxy) is 2. The molecule has 2 fully saturated rings. The van der Waals surface area contributed by atoms with E-state index in [9.17, 15) is 4.39 Å². The number of nitrogens with one attached hydrogen (secondary N) is 1. The van der Waals surface area contributed by atoms with Crippen molar-refractivity contribution < 1.29 is 13.9 Å². The van der Waals surface area contributed by atoms with Crippen LogP contribution in [0.2, 0.25) is 0 Å². The van der Waals surface area contributed by atoms with E-state index in [-0.39, 0.29) is 17.5 Å². The summed E-state index contributed by atoms with van der Waals surface area (Å²) in [6.07, 6.45) is 2.73. The zero-order chi connectivity index (χ0) is 14.9. The quantitative estimate of drug-likeness (QED) is 0.644. The van der Waals surface area contributed by atoms with Gasteiger partial charge in [0.2, 0.25) is 0 Å². The van der Waals surface area contributed by atoms with Gasteiger partial charge in [0, 0.05) is 25.7 Å². The molecule has 116 valence electrons. The van der Waals surface area contributed by atoms with Crippen LogP contribution in [0.3, 0.4) is 0 Å². The van der Waals surface area contributed by atoms with Crippen LogP contribution in [-0.2, 0) is 9.47 Å².